The first-order valence-electron chi connectivity index (χ1n) is 6.77. The SMILES string of the molecule is Cc1cc(Br)cc(CO)c1OCCCc1ccccc1. The minimum absolute atomic E-state index is 0.00566. The van der Waals surface area contributed by atoms with E-state index in [9.17, 15) is 5.11 Å². The molecule has 106 valence electrons. The minimum atomic E-state index is -0.00566. The molecule has 20 heavy (non-hydrogen) atoms. The maximum atomic E-state index is 9.40. The lowest BCUT2D eigenvalue weighted by Gasteiger charge is -2.13. The van der Waals surface area contributed by atoms with Crippen molar-refractivity contribution in [2.45, 2.75) is 26.4 Å². The molecule has 0 fully saturated rings. The van der Waals surface area contributed by atoms with Crippen molar-refractivity contribution >= 4 is 15.9 Å². The molecule has 2 aromatic carbocycles. The summed E-state index contributed by atoms with van der Waals surface area (Å²) in [5, 5.41) is 9.40. The first-order valence-corrected chi connectivity index (χ1v) is 7.56. The molecule has 0 aromatic heterocycles. The molecule has 1 N–H and O–H groups in total. The summed E-state index contributed by atoms with van der Waals surface area (Å²) in [7, 11) is 0. The van der Waals surface area contributed by atoms with Crippen LogP contribution in [-0.2, 0) is 13.0 Å². The first kappa shape index (κ1) is 15.1. The van der Waals surface area contributed by atoms with E-state index < -0.39 is 0 Å². The number of aliphatic hydroxyl groups is 1. The largest absolute Gasteiger partial charge is 0.493 e. The third kappa shape index (κ3) is 4.09. The normalized spacial score (nSPS) is 10.6. The van der Waals surface area contributed by atoms with E-state index in [1.54, 1.807) is 0 Å². The van der Waals surface area contributed by atoms with Gasteiger partial charge in [0.05, 0.1) is 13.2 Å². The van der Waals surface area contributed by atoms with Gasteiger partial charge in [-0.15, -0.1) is 0 Å². The number of aryl methyl sites for hydroxylation is 2. The van der Waals surface area contributed by atoms with Gasteiger partial charge in [-0.2, -0.15) is 0 Å². The Morgan fingerprint density at radius 2 is 1.90 bits per heavy atom. The summed E-state index contributed by atoms with van der Waals surface area (Å²) in [4.78, 5) is 0. The molecule has 2 rings (SSSR count). The molecule has 0 saturated heterocycles. The van der Waals surface area contributed by atoms with Crippen LogP contribution in [0.25, 0.3) is 0 Å². The van der Waals surface area contributed by atoms with Gasteiger partial charge in [0, 0.05) is 10.0 Å². The maximum Gasteiger partial charge on any atom is 0.127 e. The molecule has 0 spiro atoms. The molecule has 0 aliphatic carbocycles. The summed E-state index contributed by atoms with van der Waals surface area (Å²) in [6.07, 6.45) is 1.97. The molecule has 0 radical (unpaired) electrons. The van der Waals surface area contributed by atoms with E-state index in [2.05, 4.69) is 40.2 Å². The average molecular weight is 335 g/mol. The van der Waals surface area contributed by atoms with Crippen molar-refractivity contribution in [3.63, 3.8) is 0 Å². The number of ether oxygens (including phenoxy) is 1. The lowest BCUT2D eigenvalue weighted by molar-refractivity contribution is 0.260. The standard InChI is InChI=1S/C17H19BrO2/c1-13-10-16(18)11-15(12-19)17(13)20-9-5-8-14-6-3-2-4-7-14/h2-4,6-7,10-11,19H,5,8-9,12H2,1H3. The highest BCUT2D eigenvalue weighted by molar-refractivity contribution is 9.10. The fourth-order valence-corrected chi connectivity index (χ4v) is 2.84. The van der Waals surface area contributed by atoms with Gasteiger partial charge in [0.15, 0.2) is 0 Å². The van der Waals surface area contributed by atoms with Crippen LogP contribution in [0.2, 0.25) is 0 Å². The van der Waals surface area contributed by atoms with Crippen LogP contribution in [0.5, 0.6) is 5.75 Å². The molecule has 0 unspecified atom stereocenters. The van der Waals surface area contributed by atoms with Crippen LogP contribution >= 0.6 is 15.9 Å². The van der Waals surface area contributed by atoms with Crippen LogP contribution in [-0.4, -0.2) is 11.7 Å². The Kier molecular flexibility index (Phi) is 5.62. The molecular formula is C17H19BrO2. The van der Waals surface area contributed by atoms with Gasteiger partial charge in [0.2, 0.25) is 0 Å². The molecule has 0 aliphatic heterocycles. The first-order chi connectivity index (χ1) is 9.70. The monoisotopic (exact) mass is 334 g/mol. The van der Waals surface area contributed by atoms with Gasteiger partial charge in [0.25, 0.3) is 0 Å². The van der Waals surface area contributed by atoms with Crippen LogP contribution in [0.3, 0.4) is 0 Å². The van der Waals surface area contributed by atoms with Crippen molar-refractivity contribution < 1.29 is 9.84 Å². The smallest absolute Gasteiger partial charge is 0.127 e. The molecule has 0 bridgehead atoms. The molecule has 0 saturated carbocycles. The number of benzene rings is 2. The van der Waals surface area contributed by atoms with Gasteiger partial charge in [-0.25, -0.2) is 0 Å². The van der Waals surface area contributed by atoms with Crippen LogP contribution < -0.4 is 4.74 Å². The fraction of sp³-hybridized carbons (Fsp3) is 0.294. The molecule has 2 nitrogen and oxygen atoms in total. The van der Waals surface area contributed by atoms with E-state index in [-0.39, 0.29) is 6.61 Å². The number of hydrogen-bond donors (Lipinski definition) is 1. The average Bonchev–Trinajstić information content (AvgIpc) is 2.45. The van der Waals surface area contributed by atoms with E-state index in [0.29, 0.717) is 6.61 Å². The lowest BCUT2D eigenvalue weighted by atomic mass is 10.1. The number of rotatable bonds is 6. The zero-order valence-corrected chi connectivity index (χ0v) is 13.2. The van der Waals surface area contributed by atoms with Gasteiger partial charge in [0.1, 0.15) is 5.75 Å². The zero-order chi connectivity index (χ0) is 14.4. The highest BCUT2D eigenvalue weighted by Crippen LogP contribution is 2.28. The quantitative estimate of drug-likeness (QED) is 0.799. The number of aliphatic hydroxyl groups excluding tert-OH is 1. The summed E-state index contributed by atoms with van der Waals surface area (Å²) in [5.74, 6) is 0.809. The van der Waals surface area contributed by atoms with Gasteiger partial charge in [-0.3, -0.25) is 0 Å². The Balaban J connectivity index is 1.91. The van der Waals surface area contributed by atoms with Crippen molar-refractivity contribution in [1.29, 1.82) is 0 Å². The lowest BCUT2D eigenvalue weighted by Crippen LogP contribution is -2.03. The van der Waals surface area contributed by atoms with Gasteiger partial charge >= 0.3 is 0 Å². The van der Waals surface area contributed by atoms with E-state index in [4.69, 9.17) is 4.74 Å². The highest BCUT2D eigenvalue weighted by Gasteiger charge is 2.08. The van der Waals surface area contributed by atoms with E-state index in [1.165, 1.54) is 5.56 Å². The predicted molar refractivity (Wildman–Crippen MR) is 85.1 cm³/mol. The van der Waals surface area contributed by atoms with Crippen molar-refractivity contribution in [2.24, 2.45) is 0 Å². The summed E-state index contributed by atoms with van der Waals surface area (Å²) in [5.41, 5.74) is 3.20. The van der Waals surface area contributed by atoms with Crippen LogP contribution in [0, 0.1) is 6.92 Å². The second kappa shape index (κ2) is 7.46. The van der Waals surface area contributed by atoms with Crippen LogP contribution in [0.1, 0.15) is 23.1 Å². The molecule has 0 atom stereocenters. The number of hydrogen-bond acceptors (Lipinski definition) is 2. The topological polar surface area (TPSA) is 29.5 Å². The van der Waals surface area contributed by atoms with Gasteiger partial charge < -0.3 is 9.84 Å². The van der Waals surface area contributed by atoms with E-state index in [1.807, 2.05) is 25.1 Å². The second-order valence-corrected chi connectivity index (χ2v) is 5.72. The molecule has 0 aliphatic rings. The Labute approximate surface area is 128 Å². The second-order valence-electron chi connectivity index (χ2n) is 4.81. The maximum absolute atomic E-state index is 9.40. The summed E-state index contributed by atoms with van der Waals surface area (Å²) in [6.45, 7) is 2.65. The summed E-state index contributed by atoms with van der Waals surface area (Å²) in [6, 6.07) is 14.3. The predicted octanol–water partition coefficient (Wildman–Crippen LogP) is 4.26. The van der Waals surface area contributed by atoms with Crippen LogP contribution in [0.15, 0.2) is 46.9 Å². The van der Waals surface area contributed by atoms with E-state index in [0.717, 1.165) is 34.2 Å². The molecule has 3 heteroatoms. The Bertz CT molecular complexity index is 552. The van der Waals surface area contributed by atoms with Crippen molar-refractivity contribution in [3.8, 4) is 5.75 Å². The molecular weight excluding hydrogens is 316 g/mol. The Morgan fingerprint density at radius 1 is 1.15 bits per heavy atom. The fourth-order valence-electron chi connectivity index (χ4n) is 2.22. The molecule has 0 amide bonds. The third-order valence-corrected chi connectivity index (χ3v) is 3.64. The third-order valence-electron chi connectivity index (χ3n) is 3.19. The van der Waals surface area contributed by atoms with Crippen molar-refractivity contribution in [2.75, 3.05) is 6.61 Å². The Hall–Kier alpha value is -1.32. The zero-order valence-electron chi connectivity index (χ0n) is 11.6. The number of halogens is 1. The van der Waals surface area contributed by atoms with Gasteiger partial charge in [-0.05, 0) is 43.0 Å². The summed E-state index contributed by atoms with van der Waals surface area (Å²) >= 11 is 3.43. The van der Waals surface area contributed by atoms with Crippen LogP contribution in [0.4, 0.5) is 0 Å². The molecule has 0 heterocycles. The van der Waals surface area contributed by atoms with Gasteiger partial charge in [-0.1, -0.05) is 46.3 Å². The van der Waals surface area contributed by atoms with Crippen molar-refractivity contribution in [3.05, 3.63) is 63.6 Å². The Morgan fingerprint density at radius 3 is 2.60 bits per heavy atom. The van der Waals surface area contributed by atoms with E-state index >= 15 is 0 Å². The summed E-state index contributed by atoms with van der Waals surface area (Å²) < 4.78 is 6.82. The molecule has 2 aromatic rings. The van der Waals surface area contributed by atoms with Crippen molar-refractivity contribution in [1.82, 2.24) is 0 Å². The highest BCUT2D eigenvalue weighted by atomic mass is 79.9. The minimum Gasteiger partial charge on any atom is -0.493 e.